The van der Waals surface area contributed by atoms with Gasteiger partial charge in [0.25, 0.3) is 0 Å². The number of nitrogens with one attached hydrogen (secondary N) is 1. The fourth-order valence-corrected chi connectivity index (χ4v) is 3.13. The van der Waals surface area contributed by atoms with Crippen molar-refractivity contribution in [3.63, 3.8) is 0 Å². The van der Waals surface area contributed by atoms with Crippen molar-refractivity contribution >= 4 is 35.3 Å². The van der Waals surface area contributed by atoms with E-state index in [2.05, 4.69) is 20.3 Å². The molecule has 0 unspecified atom stereocenters. The summed E-state index contributed by atoms with van der Waals surface area (Å²) in [5, 5.41) is 13.5. The number of hydrogen-bond donors (Lipinski definition) is 2. The summed E-state index contributed by atoms with van der Waals surface area (Å²) < 4.78 is 19.0. The largest absolute Gasteiger partial charge is 0.506 e. The Hall–Kier alpha value is -3.97. The van der Waals surface area contributed by atoms with Crippen molar-refractivity contribution < 1.29 is 14.2 Å². The van der Waals surface area contributed by atoms with Crippen LogP contribution < -0.4 is 10.1 Å². The number of anilines is 2. The van der Waals surface area contributed by atoms with Crippen molar-refractivity contribution in [3.05, 3.63) is 101 Å². The van der Waals surface area contributed by atoms with Crippen LogP contribution in [0.15, 0.2) is 73.3 Å². The van der Waals surface area contributed by atoms with E-state index in [1.54, 1.807) is 67.0 Å². The highest BCUT2D eigenvalue weighted by molar-refractivity contribution is 6.32. The zero-order chi connectivity index (χ0) is 22.3. The molecule has 6 nitrogen and oxygen atoms in total. The first-order valence-corrected chi connectivity index (χ1v) is 10.0. The third-order valence-corrected chi connectivity index (χ3v) is 4.75. The Morgan fingerprint density at radius 1 is 1.06 bits per heavy atom. The van der Waals surface area contributed by atoms with Crippen LogP contribution in [0.2, 0.25) is 5.02 Å². The number of ether oxygens (including phenoxy) is 1. The van der Waals surface area contributed by atoms with E-state index in [1.807, 2.05) is 0 Å². The summed E-state index contributed by atoms with van der Waals surface area (Å²) in [5.74, 6) is 0.798. The quantitative estimate of drug-likeness (QED) is 0.368. The highest BCUT2D eigenvalue weighted by Gasteiger charge is 2.07. The minimum absolute atomic E-state index is 0.0794. The Morgan fingerprint density at radius 3 is 2.78 bits per heavy atom. The van der Waals surface area contributed by atoms with Gasteiger partial charge in [-0.25, -0.2) is 14.4 Å². The number of rotatable bonds is 7. The fourth-order valence-electron chi connectivity index (χ4n) is 2.89. The van der Waals surface area contributed by atoms with Crippen LogP contribution in [0.5, 0.6) is 11.5 Å². The number of aromatic nitrogens is 3. The van der Waals surface area contributed by atoms with Crippen molar-refractivity contribution in [3.8, 4) is 11.5 Å². The number of nitrogens with zero attached hydrogens (tertiary/aromatic N) is 3. The van der Waals surface area contributed by atoms with Crippen LogP contribution in [0.4, 0.5) is 15.9 Å². The van der Waals surface area contributed by atoms with Crippen molar-refractivity contribution in [1.82, 2.24) is 15.0 Å². The molecule has 2 heterocycles. The lowest BCUT2D eigenvalue weighted by Gasteiger charge is -2.12. The second-order valence-electron chi connectivity index (χ2n) is 6.76. The van der Waals surface area contributed by atoms with Gasteiger partial charge in [-0.15, -0.1) is 0 Å². The first-order chi connectivity index (χ1) is 15.6. The van der Waals surface area contributed by atoms with Gasteiger partial charge in [-0.2, -0.15) is 0 Å². The lowest BCUT2D eigenvalue weighted by molar-refractivity contribution is 0.306. The van der Waals surface area contributed by atoms with Gasteiger partial charge < -0.3 is 15.2 Å². The zero-order valence-corrected chi connectivity index (χ0v) is 17.5. The molecule has 4 aromatic rings. The summed E-state index contributed by atoms with van der Waals surface area (Å²) in [7, 11) is 0. The minimum atomic E-state index is -0.315. The Kier molecular flexibility index (Phi) is 6.57. The van der Waals surface area contributed by atoms with E-state index in [4.69, 9.17) is 16.3 Å². The molecule has 0 saturated heterocycles. The third kappa shape index (κ3) is 5.39. The molecule has 0 saturated carbocycles. The normalized spacial score (nSPS) is 10.9. The van der Waals surface area contributed by atoms with Crippen LogP contribution in [0.1, 0.15) is 16.8 Å². The predicted molar refractivity (Wildman–Crippen MR) is 122 cm³/mol. The summed E-state index contributed by atoms with van der Waals surface area (Å²) in [6.07, 6.45) is 8.10. The highest BCUT2D eigenvalue weighted by Crippen LogP contribution is 2.30. The molecule has 0 aliphatic heterocycles. The van der Waals surface area contributed by atoms with Crippen LogP contribution in [0, 0.1) is 5.82 Å². The molecule has 0 aliphatic carbocycles. The average molecular weight is 449 g/mol. The SMILES string of the molecule is Oc1cccnc1/C=C/c1cncnc1Nc1ccc(OCc2cccc(F)c2)c(Cl)c1. The molecule has 2 aromatic heterocycles. The summed E-state index contributed by atoms with van der Waals surface area (Å²) in [5.41, 5.74) is 2.53. The van der Waals surface area contributed by atoms with E-state index in [9.17, 15) is 9.50 Å². The molecule has 8 heteroatoms. The second kappa shape index (κ2) is 9.89. The molecule has 0 aliphatic rings. The third-order valence-electron chi connectivity index (χ3n) is 4.46. The maximum atomic E-state index is 13.3. The van der Waals surface area contributed by atoms with Crippen LogP contribution in [-0.4, -0.2) is 20.1 Å². The molecule has 0 spiro atoms. The van der Waals surface area contributed by atoms with E-state index in [0.29, 0.717) is 39.1 Å². The minimum Gasteiger partial charge on any atom is -0.506 e. The van der Waals surface area contributed by atoms with Crippen LogP contribution in [0.25, 0.3) is 12.2 Å². The zero-order valence-electron chi connectivity index (χ0n) is 16.7. The van der Waals surface area contributed by atoms with Crippen LogP contribution >= 0.6 is 11.6 Å². The molecule has 0 fully saturated rings. The van der Waals surface area contributed by atoms with Gasteiger partial charge in [-0.1, -0.05) is 23.7 Å². The summed E-state index contributed by atoms with van der Waals surface area (Å²) in [6, 6.07) is 14.7. The van der Waals surface area contributed by atoms with Gasteiger partial charge in [-0.3, -0.25) is 4.98 Å². The number of pyridine rings is 1. The van der Waals surface area contributed by atoms with Gasteiger partial charge >= 0.3 is 0 Å². The molecule has 4 rings (SSSR count). The molecule has 2 N–H and O–H groups in total. The Bertz CT molecular complexity index is 1270. The summed E-state index contributed by atoms with van der Waals surface area (Å²) in [6.45, 7) is 0.200. The van der Waals surface area contributed by atoms with Crippen molar-refractivity contribution in [1.29, 1.82) is 0 Å². The fraction of sp³-hybridized carbons (Fsp3) is 0.0417. The second-order valence-corrected chi connectivity index (χ2v) is 7.16. The average Bonchev–Trinajstić information content (AvgIpc) is 2.79. The standard InChI is InChI=1S/C24H18ClFN4O2/c25-20-12-19(7-9-23(20)32-14-16-3-1-4-18(26)11-16)30-24-17(13-27-15-29-24)6-8-21-22(31)5-2-10-28-21/h1-13,15,31H,14H2,(H,27,29,30)/b8-6+. The maximum Gasteiger partial charge on any atom is 0.141 e. The van der Waals surface area contributed by atoms with Gasteiger partial charge in [0.2, 0.25) is 0 Å². The van der Waals surface area contributed by atoms with E-state index in [-0.39, 0.29) is 18.2 Å². The topological polar surface area (TPSA) is 80.2 Å². The van der Waals surface area contributed by atoms with Gasteiger partial charge in [0.05, 0.1) is 5.02 Å². The monoisotopic (exact) mass is 448 g/mol. The molecule has 160 valence electrons. The number of hydrogen-bond acceptors (Lipinski definition) is 6. The molecular weight excluding hydrogens is 431 g/mol. The van der Waals surface area contributed by atoms with E-state index in [1.165, 1.54) is 18.5 Å². The molecule has 32 heavy (non-hydrogen) atoms. The Morgan fingerprint density at radius 2 is 1.97 bits per heavy atom. The Balaban J connectivity index is 1.48. The molecule has 0 radical (unpaired) electrons. The van der Waals surface area contributed by atoms with Crippen LogP contribution in [0.3, 0.4) is 0 Å². The number of aromatic hydroxyl groups is 1. The van der Waals surface area contributed by atoms with Gasteiger partial charge in [0.15, 0.2) is 0 Å². The maximum absolute atomic E-state index is 13.3. The van der Waals surface area contributed by atoms with Gasteiger partial charge in [-0.05, 0) is 60.2 Å². The molecule has 0 atom stereocenters. The first-order valence-electron chi connectivity index (χ1n) is 9.64. The highest BCUT2D eigenvalue weighted by atomic mass is 35.5. The lowest BCUT2D eigenvalue weighted by atomic mass is 10.2. The predicted octanol–water partition coefficient (Wildman–Crippen LogP) is 5.86. The summed E-state index contributed by atoms with van der Waals surface area (Å²) >= 11 is 6.37. The smallest absolute Gasteiger partial charge is 0.141 e. The van der Waals surface area contributed by atoms with Gasteiger partial charge in [0.1, 0.15) is 41.8 Å². The molecule has 2 aromatic carbocycles. The van der Waals surface area contributed by atoms with E-state index >= 15 is 0 Å². The Labute approximate surface area is 189 Å². The van der Waals surface area contributed by atoms with E-state index in [0.717, 1.165) is 0 Å². The van der Waals surface area contributed by atoms with Crippen LogP contribution in [-0.2, 0) is 6.61 Å². The van der Waals surface area contributed by atoms with Crippen molar-refractivity contribution in [2.75, 3.05) is 5.32 Å². The van der Waals surface area contributed by atoms with Crippen molar-refractivity contribution in [2.45, 2.75) is 6.61 Å². The van der Waals surface area contributed by atoms with Gasteiger partial charge in [0, 0.05) is 23.6 Å². The molecule has 0 amide bonds. The summed E-state index contributed by atoms with van der Waals surface area (Å²) in [4.78, 5) is 12.5. The number of benzene rings is 2. The lowest BCUT2D eigenvalue weighted by Crippen LogP contribution is -1.99. The van der Waals surface area contributed by atoms with Crippen molar-refractivity contribution in [2.24, 2.45) is 0 Å². The van der Waals surface area contributed by atoms with E-state index < -0.39 is 0 Å². The molecular formula is C24H18ClFN4O2. The first kappa shape index (κ1) is 21.3. The molecule has 0 bridgehead atoms. The number of halogens is 2.